The van der Waals surface area contributed by atoms with Gasteiger partial charge in [-0.15, -0.1) is 0 Å². The van der Waals surface area contributed by atoms with Gasteiger partial charge in [-0.25, -0.2) is 4.98 Å². The van der Waals surface area contributed by atoms with Gasteiger partial charge in [0.25, 0.3) is 0 Å². The molecule has 1 aromatic heterocycles. The first-order chi connectivity index (χ1) is 8.79. The van der Waals surface area contributed by atoms with Crippen LogP contribution in [0.4, 0.5) is 17.2 Å². The fraction of sp³-hybridized carbons (Fsp3) is 0.143. The van der Waals surface area contributed by atoms with Gasteiger partial charge in [-0.3, -0.25) is 0 Å². The molecule has 88 valence electrons. The van der Waals surface area contributed by atoms with Crippen molar-refractivity contribution in [1.29, 1.82) is 5.26 Å². The van der Waals surface area contributed by atoms with E-state index >= 15 is 0 Å². The highest BCUT2D eigenvalue weighted by atomic mass is 15.2. The summed E-state index contributed by atoms with van der Waals surface area (Å²) in [6.07, 6.45) is 2.57. The average molecular weight is 236 g/mol. The van der Waals surface area contributed by atoms with E-state index in [0.29, 0.717) is 17.1 Å². The van der Waals surface area contributed by atoms with Crippen LogP contribution in [0, 0.1) is 11.3 Å². The molecule has 0 saturated heterocycles. The molecule has 2 heterocycles. The van der Waals surface area contributed by atoms with Gasteiger partial charge in [0.05, 0.1) is 17.4 Å². The monoisotopic (exact) mass is 236 g/mol. The third kappa shape index (κ3) is 1.57. The molecule has 2 N–H and O–H groups in total. The highest BCUT2D eigenvalue weighted by Crippen LogP contribution is 2.34. The molecule has 0 spiro atoms. The average Bonchev–Trinajstić information content (AvgIpc) is 2.82. The number of pyridine rings is 1. The number of fused-ring (bicyclic) bond motifs is 1. The topological polar surface area (TPSA) is 65.9 Å². The van der Waals surface area contributed by atoms with Crippen molar-refractivity contribution < 1.29 is 0 Å². The lowest BCUT2D eigenvalue weighted by Crippen LogP contribution is -2.16. The molecule has 1 aliphatic heterocycles. The number of nitrogen functional groups attached to an aromatic ring is 1. The third-order valence-corrected chi connectivity index (χ3v) is 3.15. The number of rotatable bonds is 1. The maximum absolute atomic E-state index is 9.18. The van der Waals surface area contributed by atoms with Gasteiger partial charge in [0.15, 0.2) is 5.82 Å². The highest BCUT2D eigenvalue weighted by molar-refractivity contribution is 5.72. The number of nitriles is 1. The summed E-state index contributed by atoms with van der Waals surface area (Å²) in [5.41, 5.74) is 9.12. The van der Waals surface area contributed by atoms with E-state index in [4.69, 9.17) is 5.73 Å². The molecule has 0 saturated carbocycles. The second-order valence-electron chi connectivity index (χ2n) is 4.28. The molecule has 0 radical (unpaired) electrons. The van der Waals surface area contributed by atoms with E-state index in [9.17, 15) is 5.26 Å². The lowest BCUT2D eigenvalue weighted by molar-refractivity contribution is 0.971. The van der Waals surface area contributed by atoms with E-state index in [-0.39, 0.29) is 0 Å². The molecule has 0 unspecified atom stereocenters. The standard InChI is InChI=1S/C14H12N4/c15-8-11-7-12(16)9-17-14(11)18-6-5-10-3-1-2-4-13(10)18/h1-4,7,9H,5-6,16H2. The predicted octanol–water partition coefficient (Wildman–Crippen LogP) is 2.23. The first kappa shape index (κ1) is 10.6. The van der Waals surface area contributed by atoms with Crippen LogP contribution < -0.4 is 10.6 Å². The second-order valence-corrected chi connectivity index (χ2v) is 4.28. The quantitative estimate of drug-likeness (QED) is 0.824. The second kappa shape index (κ2) is 4.04. The Morgan fingerprint density at radius 1 is 1.33 bits per heavy atom. The lowest BCUT2D eigenvalue weighted by Gasteiger charge is -2.19. The summed E-state index contributed by atoms with van der Waals surface area (Å²) < 4.78 is 0. The van der Waals surface area contributed by atoms with Gasteiger partial charge in [0, 0.05) is 12.2 Å². The number of anilines is 3. The number of hydrogen-bond acceptors (Lipinski definition) is 4. The Balaban J connectivity index is 2.11. The number of benzene rings is 1. The Morgan fingerprint density at radius 3 is 3.00 bits per heavy atom. The number of nitrogens with zero attached hydrogens (tertiary/aromatic N) is 3. The zero-order valence-electron chi connectivity index (χ0n) is 9.80. The number of nitrogens with two attached hydrogens (primary N) is 1. The third-order valence-electron chi connectivity index (χ3n) is 3.15. The van der Waals surface area contributed by atoms with Crippen LogP contribution >= 0.6 is 0 Å². The first-order valence-electron chi connectivity index (χ1n) is 5.80. The summed E-state index contributed by atoms with van der Waals surface area (Å²) in [6.45, 7) is 0.852. The van der Waals surface area contributed by atoms with E-state index in [1.807, 2.05) is 12.1 Å². The van der Waals surface area contributed by atoms with Crippen molar-refractivity contribution in [2.75, 3.05) is 17.2 Å². The molecule has 4 nitrogen and oxygen atoms in total. The van der Waals surface area contributed by atoms with Gasteiger partial charge in [-0.2, -0.15) is 5.26 Å². The molecule has 1 aliphatic rings. The predicted molar refractivity (Wildman–Crippen MR) is 70.5 cm³/mol. The first-order valence-corrected chi connectivity index (χ1v) is 5.80. The van der Waals surface area contributed by atoms with E-state index < -0.39 is 0 Å². The molecule has 3 rings (SSSR count). The van der Waals surface area contributed by atoms with E-state index in [0.717, 1.165) is 18.7 Å². The summed E-state index contributed by atoms with van der Waals surface area (Å²) in [7, 11) is 0. The van der Waals surface area contributed by atoms with Crippen LogP contribution in [0.25, 0.3) is 0 Å². The molecule has 18 heavy (non-hydrogen) atoms. The number of para-hydroxylation sites is 1. The van der Waals surface area contributed by atoms with Crippen LogP contribution in [-0.2, 0) is 6.42 Å². The van der Waals surface area contributed by atoms with Crippen molar-refractivity contribution >= 4 is 17.2 Å². The Hall–Kier alpha value is -2.54. The van der Waals surface area contributed by atoms with Crippen LogP contribution in [0.1, 0.15) is 11.1 Å². The van der Waals surface area contributed by atoms with Crippen LogP contribution in [0.5, 0.6) is 0 Å². The van der Waals surface area contributed by atoms with Gasteiger partial charge >= 0.3 is 0 Å². The van der Waals surface area contributed by atoms with Crippen molar-refractivity contribution in [3.05, 3.63) is 47.7 Å². The van der Waals surface area contributed by atoms with E-state index in [1.165, 1.54) is 5.56 Å². The summed E-state index contributed by atoms with van der Waals surface area (Å²) in [6, 6.07) is 12.0. The number of aromatic nitrogens is 1. The van der Waals surface area contributed by atoms with Gasteiger partial charge in [-0.05, 0) is 24.1 Å². The smallest absolute Gasteiger partial charge is 0.151 e. The van der Waals surface area contributed by atoms with E-state index in [1.54, 1.807) is 12.3 Å². The maximum atomic E-state index is 9.18. The lowest BCUT2D eigenvalue weighted by atomic mass is 10.2. The Labute approximate surface area is 105 Å². The van der Waals surface area contributed by atoms with Crippen LogP contribution in [-0.4, -0.2) is 11.5 Å². The Kier molecular flexibility index (Phi) is 2.38. The van der Waals surface area contributed by atoms with Gasteiger partial charge in [0.1, 0.15) is 6.07 Å². The molecule has 2 aromatic rings. The van der Waals surface area contributed by atoms with Gasteiger partial charge in [-0.1, -0.05) is 18.2 Å². The SMILES string of the molecule is N#Cc1cc(N)cnc1N1CCc2ccccc21. The van der Waals surface area contributed by atoms with Crippen LogP contribution in [0.2, 0.25) is 0 Å². The summed E-state index contributed by atoms with van der Waals surface area (Å²) in [5, 5.41) is 9.18. The Bertz CT molecular complexity index is 642. The summed E-state index contributed by atoms with van der Waals surface area (Å²) in [5.74, 6) is 0.691. The minimum absolute atomic E-state index is 0.516. The summed E-state index contributed by atoms with van der Waals surface area (Å²) in [4.78, 5) is 6.39. The van der Waals surface area contributed by atoms with Crippen molar-refractivity contribution in [3.8, 4) is 6.07 Å². The molecule has 0 amide bonds. The zero-order chi connectivity index (χ0) is 12.5. The van der Waals surface area contributed by atoms with Crippen molar-refractivity contribution in [2.45, 2.75) is 6.42 Å². The number of hydrogen-bond donors (Lipinski definition) is 1. The van der Waals surface area contributed by atoms with Crippen molar-refractivity contribution in [2.24, 2.45) is 0 Å². The molecule has 0 fully saturated rings. The van der Waals surface area contributed by atoms with E-state index in [2.05, 4.69) is 28.1 Å². The fourth-order valence-corrected chi connectivity index (χ4v) is 2.33. The minimum atomic E-state index is 0.516. The molecule has 0 bridgehead atoms. The molecule has 1 aromatic carbocycles. The van der Waals surface area contributed by atoms with Crippen molar-refractivity contribution in [1.82, 2.24) is 4.98 Å². The van der Waals surface area contributed by atoms with Gasteiger partial charge < -0.3 is 10.6 Å². The van der Waals surface area contributed by atoms with Crippen LogP contribution in [0.15, 0.2) is 36.5 Å². The van der Waals surface area contributed by atoms with Crippen LogP contribution in [0.3, 0.4) is 0 Å². The van der Waals surface area contributed by atoms with Crippen molar-refractivity contribution in [3.63, 3.8) is 0 Å². The van der Waals surface area contributed by atoms with Gasteiger partial charge in [0.2, 0.25) is 0 Å². The molecule has 0 atom stereocenters. The largest absolute Gasteiger partial charge is 0.397 e. The summed E-state index contributed by atoms with van der Waals surface area (Å²) >= 11 is 0. The molecular weight excluding hydrogens is 224 g/mol. The Morgan fingerprint density at radius 2 is 2.17 bits per heavy atom. The molecule has 0 aliphatic carbocycles. The minimum Gasteiger partial charge on any atom is -0.397 e. The zero-order valence-corrected chi connectivity index (χ0v) is 9.80. The fourth-order valence-electron chi connectivity index (χ4n) is 2.33. The molecule has 4 heteroatoms. The highest BCUT2D eigenvalue weighted by Gasteiger charge is 2.22. The maximum Gasteiger partial charge on any atom is 0.151 e. The normalized spacial score (nSPS) is 13.2. The molecular formula is C14H12N4.